The minimum atomic E-state index is -0.0961. The minimum Gasteiger partial charge on any atom is -0.497 e. The number of piperazine rings is 1. The molecule has 2 aliphatic rings. The second-order valence-corrected chi connectivity index (χ2v) is 5.81. The molecule has 0 radical (unpaired) electrons. The van der Waals surface area contributed by atoms with Gasteiger partial charge in [-0.2, -0.15) is 0 Å². The fraction of sp³-hybridized carbons (Fsp3) is 0.625. The summed E-state index contributed by atoms with van der Waals surface area (Å²) in [6.07, 6.45) is 3.70. The maximum Gasteiger partial charge on any atom is 0.128 e. The van der Waals surface area contributed by atoms with E-state index in [0.717, 1.165) is 37.5 Å². The van der Waals surface area contributed by atoms with Gasteiger partial charge in [-0.25, -0.2) is 4.39 Å². The van der Waals surface area contributed by atoms with Crippen LogP contribution < -0.4 is 10.1 Å². The number of rotatable bonds is 4. The van der Waals surface area contributed by atoms with Crippen molar-refractivity contribution in [2.45, 2.75) is 25.3 Å². The summed E-state index contributed by atoms with van der Waals surface area (Å²) in [4.78, 5) is 2.44. The zero-order chi connectivity index (χ0) is 13.9. The van der Waals surface area contributed by atoms with Gasteiger partial charge in [0.1, 0.15) is 11.6 Å². The number of benzene rings is 1. The Morgan fingerprint density at radius 2 is 1.91 bits per heavy atom. The van der Waals surface area contributed by atoms with Crippen molar-refractivity contribution >= 4 is 24.8 Å². The van der Waals surface area contributed by atoms with E-state index in [0.29, 0.717) is 5.92 Å². The summed E-state index contributed by atoms with van der Waals surface area (Å²) in [5.41, 5.74) is 0.816. The number of methoxy groups -OCH3 is 1. The van der Waals surface area contributed by atoms with Crippen LogP contribution in [0.3, 0.4) is 0 Å². The average Bonchev–Trinajstić information content (AvgIpc) is 2.44. The van der Waals surface area contributed by atoms with Gasteiger partial charge in [-0.15, -0.1) is 24.8 Å². The Bertz CT molecular complexity index is 465. The van der Waals surface area contributed by atoms with Crippen LogP contribution in [0.4, 0.5) is 4.39 Å². The predicted octanol–water partition coefficient (Wildman–Crippen LogP) is 3.42. The van der Waals surface area contributed by atoms with Crippen molar-refractivity contribution in [3.05, 3.63) is 29.6 Å². The van der Waals surface area contributed by atoms with Crippen LogP contribution in [-0.4, -0.2) is 38.2 Å². The Labute approximate surface area is 144 Å². The molecular weight excluding hydrogens is 326 g/mol. The van der Waals surface area contributed by atoms with Gasteiger partial charge in [-0.3, -0.25) is 4.90 Å². The molecule has 0 spiro atoms. The van der Waals surface area contributed by atoms with Crippen molar-refractivity contribution in [3.63, 3.8) is 0 Å². The number of ether oxygens (including phenoxy) is 1. The van der Waals surface area contributed by atoms with Crippen LogP contribution >= 0.6 is 24.8 Å². The normalized spacial score (nSPS) is 20.3. The zero-order valence-corrected chi connectivity index (χ0v) is 14.5. The molecule has 0 aromatic heterocycles. The molecule has 1 aliphatic heterocycles. The number of hydrogen-bond acceptors (Lipinski definition) is 3. The number of nitrogens with zero attached hydrogens (tertiary/aromatic N) is 1. The molecule has 6 heteroatoms. The highest BCUT2D eigenvalue weighted by atomic mass is 35.5. The van der Waals surface area contributed by atoms with Crippen molar-refractivity contribution < 1.29 is 9.13 Å². The van der Waals surface area contributed by atoms with Gasteiger partial charge in [0.15, 0.2) is 0 Å². The summed E-state index contributed by atoms with van der Waals surface area (Å²) in [7, 11) is 1.64. The topological polar surface area (TPSA) is 24.5 Å². The molecule has 126 valence electrons. The Hall–Kier alpha value is -0.550. The minimum absolute atomic E-state index is 0. The maximum atomic E-state index is 14.3. The second-order valence-electron chi connectivity index (χ2n) is 5.81. The van der Waals surface area contributed by atoms with Crippen molar-refractivity contribution in [1.29, 1.82) is 0 Å². The van der Waals surface area contributed by atoms with Gasteiger partial charge in [-0.05, 0) is 37.0 Å². The van der Waals surface area contributed by atoms with E-state index < -0.39 is 0 Å². The molecule has 3 nitrogen and oxygen atoms in total. The summed E-state index contributed by atoms with van der Waals surface area (Å²) in [6, 6.07) is 5.34. The van der Waals surface area contributed by atoms with Gasteiger partial charge in [0, 0.05) is 37.8 Å². The summed E-state index contributed by atoms with van der Waals surface area (Å²) >= 11 is 0. The highest BCUT2D eigenvalue weighted by Crippen LogP contribution is 2.43. The van der Waals surface area contributed by atoms with Gasteiger partial charge in [-0.1, -0.05) is 6.42 Å². The first-order chi connectivity index (χ1) is 9.79. The molecule has 1 saturated carbocycles. The molecule has 1 heterocycles. The van der Waals surface area contributed by atoms with Gasteiger partial charge in [0.2, 0.25) is 0 Å². The molecule has 1 atom stereocenters. The zero-order valence-electron chi connectivity index (χ0n) is 12.9. The fourth-order valence-electron chi connectivity index (χ4n) is 3.34. The highest BCUT2D eigenvalue weighted by Gasteiger charge is 2.35. The lowest BCUT2D eigenvalue weighted by atomic mass is 9.76. The summed E-state index contributed by atoms with van der Waals surface area (Å²) in [6.45, 7) is 3.99. The Kier molecular flexibility index (Phi) is 7.90. The fourth-order valence-corrected chi connectivity index (χ4v) is 3.34. The first-order valence-electron chi connectivity index (χ1n) is 7.58. The van der Waals surface area contributed by atoms with Crippen molar-refractivity contribution in [3.8, 4) is 5.75 Å². The molecule has 0 unspecified atom stereocenters. The van der Waals surface area contributed by atoms with E-state index in [1.807, 2.05) is 6.07 Å². The van der Waals surface area contributed by atoms with Gasteiger partial charge >= 0.3 is 0 Å². The molecule has 0 amide bonds. The SMILES string of the molecule is COc1ccc(F)c([C@H](C2CCC2)N2CCNCC2)c1.Cl.Cl. The molecule has 2 fully saturated rings. The van der Waals surface area contributed by atoms with Crippen molar-refractivity contribution in [2.24, 2.45) is 5.92 Å². The third-order valence-electron chi connectivity index (χ3n) is 4.66. The molecule has 1 aromatic carbocycles. The highest BCUT2D eigenvalue weighted by molar-refractivity contribution is 5.85. The standard InChI is InChI=1S/C16H23FN2O.2ClH/c1-20-13-5-6-15(17)14(11-13)16(12-3-2-4-12)19-9-7-18-8-10-19;;/h5-6,11-12,16,18H,2-4,7-10H2,1H3;2*1H/t16-;;/m0../s1. The van der Waals surface area contributed by atoms with Crippen molar-refractivity contribution in [1.82, 2.24) is 10.2 Å². The third-order valence-corrected chi connectivity index (χ3v) is 4.66. The van der Waals surface area contributed by atoms with Crippen LogP contribution in [0.15, 0.2) is 18.2 Å². The van der Waals surface area contributed by atoms with Crippen LogP contribution in [0, 0.1) is 11.7 Å². The first-order valence-corrected chi connectivity index (χ1v) is 7.58. The average molecular weight is 351 g/mol. The lowest BCUT2D eigenvalue weighted by Gasteiger charge is -2.43. The van der Waals surface area contributed by atoms with E-state index in [4.69, 9.17) is 4.74 Å². The van der Waals surface area contributed by atoms with E-state index in [1.54, 1.807) is 19.2 Å². The van der Waals surface area contributed by atoms with Crippen molar-refractivity contribution in [2.75, 3.05) is 33.3 Å². The third kappa shape index (κ3) is 4.05. The molecule has 22 heavy (non-hydrogen) atoms. The van der Waals surface area contributed by atoms with E-state index in [9.17, 15) is 4.39 Å². The van der Waals surface area contributed by atoms with Gasteiger partial charge in [0.25, 0.3) is 0 Å². The largest absolute Gasteiger partial charge is 0.497 e. The van der Waals surface area contributed by atoms with Crippen LogP contribution in [0.2, 0.25) is 0 Å². The van der Waals surface area contributed by atoms with Gasteiger partial charge < -0.3 is 10.1 Å². The summed E-state index contributed by atoms with van der Waals surface area (Å²) < 4.78 is 19.6. The Morgan fingerprint density at radius 1 is 1.23 bits per heavy atom. The van der Waals surface area contributed by atoms with Crippen LogP contribution in [-0.2, 0) is 0 Å². The van der Waals surface area contributed by atoms with Crippen LogP contribution in [0.5, 0.6) is 5.75 Å². The molecular formula is C16H25Cl2FN2O. The van der Waals surface area contributed by atoms with E-state index in [-0.39, 0.29) is 36.7 Å². The Balaban J connectivity index is 0.00000121. The Morgan fingerprint density at radius 3 is 2.45 bits per heavy atom. The number of halogens is 3. The number of hydrogen-bond donors (Lipinski definition) is 1. The summed E-state index contributed by atoms with van der Waals surface area (Å²) in [5, 5.41) is 3.37. The molecule has 1 saturated heterocycles. The van der Waals surface area contributed by atoms with E-state index in [2.05, 4.69) is 10.2 Å². The molecule has 1 aliphatic carbocycles. The van der Waals surface area contributed by atoms with E-state index >= 15 is 0 Å². The molecule has 1 N–H and O–H groups in total. The first kappa shape index (κ1) is 19.5. The molecule has 3 rings (SSSR count). The molecule has 1 aromatic rings. The smallest absolute Gasteiger partial charge is 0.128 e. The maximum absolute atomic E-state index is 14.3. The summed E-state index contributed by atoms with van der Waals surface area (Å²) in [5.74, 6) is 1.25. The lowest BCUT2D eigenvalue weighted by Crippen LogP contribution is -2.48. The monoisotopic (exact) mass is 350 g/mol. The second kappa shape index (κ2) is 8.92. The van der Waals surface area contributed by atoms with Crippen LogP contribution in [0.1, 0.15) is 30.9 Å². The quantitative estimate of drug-likeness (QED) is 0.900. The van der Waals surface area contributed by atoms with Crippen LogP contribution in [0.25, 0.3) is 0 Å². The van der Waals surface area contributed by atoms with E-state index in [1.165, 1.54) is 19.3 Å². The predicted molar refractivity (Wildman–Crippen MR) is 92.0 cm³/mol. The lowest BCUT2D eigenvalue weighted by molar-refractivity contribution is 0.0810. The molecule has 0 bridgehead atoms. The van der Waals surface area contributed by atoms with Gasteiger partial charge in [0.05, 0.1) is 7.11 Å². The number of nitrogens with one attached hydrogen (secondary N) is 1.